The molecular weight excluding hydrogens is 122 g/mol. The van der Waals surface area contributed by atoms with Crippen molar-refractivity contribution in [3.8, 4) is 0 Å². The zero-order valence-electron chi connectivity index (χ0n) is 8.52. The Morgan fingerprint density at radius 3 is 1.30 bits per heavy atom. The summed E-state index contributed by atoms with van der Waals surface area (Å²) in [7, 11) is 6.74. The molecule has 0 unspecified atom stereocenters. The van der Waals surface area contributed by atoms with Gasteiger partial charge in [0.05, 0.1) is 27.2 Å². The highest BCUT2D eigenvalue weighted by Crippen LogP contribution is 2.25. The van der Waals surface area contributed by atoms with Crippen LogP contribution in [0.5, 0.6) is 0 Å². The number of rotatable bonds is 1. The van der Waals surface area contributed by atoms with Gasteiger partial charge in [0.15, 0.2) is 0 Å². The van der Waals surface area contributed by atoms with Gasteiger partial charge in [-0.2, -0.15) is 0 Å². The highest BCUT2D eigenvalue weighted by atomic mass is 15.3. The van der Waals surface area contributed by atoms with Crippen LogP contribution in [0.2, 0.25) is 0 Å². The first-order valence-electron chi connectivity index (χ1n) is 3.97. The van der Waals surface area contributed by atoms with E-state index >= 15 is 0 Å². The monoisotopic (exact) mass is 144 g/mol. The van der Waals surface area contributed by atoms with Crippen molar-refractivity contribution in [1.82, 2.24) is 0 Å². The summed E-state index contributed by atoms with van der Waals surface area (Å²) in [6.45, 7) is 9.18. The molecule has 0 aromatic carbocycles. The SMILES string of the molecule is C[C@@H](C(C)(C)C)[N+](C)(C)C. The van der Waals surface area contributed by atoms with E-state index in [0.717, 1.165) is 4.48 Å². The fourth-order valence-electron chi connectivity index (χ4n) is 1.16. The van der Waals surface area contributed by atoms with Gasteiger partial charge in [-0.3, -0.25) is 0 Å². The van der Waals surface area contributed by atoms with Crippen LogP contribution in [-0.4, -0.2) is 31.7 Å². The molecule has 0 saturated heterocycles. The van der Waals surface area contributed by atoms with Crippen LogP contribution >= 0.6 is 0 Å². The molecule has 0 aliphatic heterocycles. The van der Waals surface area contributed by atoms with Crippen molar-refractivity contribution in [2.75, 3.05) is 21.1 Å². The fraction of sp³-hybridized carbons (Fsp3) is 1.00. The highest BCUT2D eigenvalue weighted by molar-refractivity contribution is 4.69. The van der Waals surface area contributed by atoms with Gasteiger partial charge in [-0.1, -0.05) is 20.8 Å². The van der Waals surface area contributed by atoms with Crippen molar-refractivity contribution in [3.63, 3.8) is 0 Å². The Balaban J connectivity index is 4.23. The molecule has 0 aromatic heterocycles. The Bertz CT molecular complexity index is 88.9. The molecule has 0 aliphatic carbocycles. The summed E-state index contributed by atoms with van der Waals surface area (Å²) in [6, 6.07) is 0.701. The molecule has 0 aliphatic rings. The maximum absolute atomic E-state index is 2.31. The van der Waals surface area contributed by atoms with Crippen LogP contribution in [0.1, 0.15) is 27.7 Å². The zero-order valence-corrected chi connectivity index (χ0v) is 8.52. The van der Waals surface area contributed by atoms with Crippen molar-refractivity contribution >= 4 is 0 Å². The van der Waals surface area contributed by atoms with E-state index in [1.165, 1.54) is 0 Å². The Labute approximate surface area is 65.6 Å². The average molecular weight is 144 g/mol. The second-order valence-electron chi connectivity index (χ2n) is 5.16. The van der Waals surface area contributed by atoms with Gasteiger partial charge in [0.1, 0.15) is 0 Å². The summed E-state index contributed by atoms with van der Waals surface area (Å²) in [4.78, 5) is 0. The van der Waals surface area contributed by atoms with Gasteiger partial charge < -0.3 is 4.48 Å². The van der Waals surface area contributed by atoms with Crippen LogP contribution in [0.3, 0.4) is 0 Å². The third-order valence-corrected chi connectivity index (χ3v) is 2.42. The molecule has 1 heteroatoms. The second kappa shape index (κ2) is 2.54. The number of hydrogen-bond donors (Lipinski definition) is 0. The van der Waals surface area contributed by atoms with E-state index in [1.807, 2.05) is 0 Å². The molecule has 0 bridgehead atoms. The van der Waals surface area contributed by atoms with E-state index in [-0.39, 0.29) is 0 Å². The number of quaternary nitrogens is 1. The van der Waals surface area contributed by atoms with E-state index in [0.29, 0.717) is 11.5 Å². The van der Waals surface area contributed by atoms with Crippen LogP contribution in [0.15, 0.2) is 0 Å². The van der Waals surface area contributed by atoms with Gasteiger partial charge in [0, 0.05) is 5.41 Å². The van der Waals surface area contributed by atoms with Crippen LogP contribution in [-0.2, 0) is 0 Å². The van der Waals surface area contributed by atoms with Crippen molar-refractivity contribution in [2.24, 2.45) is 5.41 Å². The lowest BCUT2D eigenvalue weighted by Crippen LogP contribution is -2.50. The largest absolute Gasteiger partial charge is 0.328 e. The minimum absolute atomic E-state index is 0.415. The highest BCUT2D eigenvalue weighted by Gasteiger charge is 2.30. The van der Waals surface area contributed by atoms with Crippen molar-refractivity contribution in [2.45, 2.75) is 33.7 Å². The molecule has 0 radical (unpaired) electrons. The third-order valence-electron chi connectivity index (χ3n) is 2.42. The van der Waals surface area contributed by atoms with Gasteiger partial charge in [-0.05, 0) is 6.92 Å². The van der Waals surface area contributed by atoms with E-state index < -0.39 is 0 Å². The smallest absolute Gasteiger partial charge is 0.0904 e. The van der Waals surface area contributed by atoms with E-state index in [2.05, 4.69) is 48.8 Å². The summed E-state index contributed by atoms with van der Waals surface area (Å²) in [5.41, 5.74) is 0.415. The molecule has 62 valence electrons. The van der Waals surface area contributed by atoms with Crippen LogP contribution in [0.25, 0.3) is 0 Å². The Morgan fingerprint density at radius 1 is 1.00 bits per heavy atom. The Morgan fingerprint density at radius 2 is 1.30 bits per heavy atom. The molecule has 0 saturated carbocycles. The van der Waals surface area contributed by atoms with Gasteiger partial charge in [-0.25, -0.2) is 0 Å². The molecule has 0 fully saturated rings. The predicted octanol–water partition coefficient (Wildman–Crippen LogP) is 2.13. The predicted molar refractivity (Wildman–Crippen MR) is 46.9 cm³/mol. The van der Waals surface area contributed by atoms with Crippen molar-refractivity contribution < 1.29 is 4.48 Å². The van der Waals surface area contributed by atoms with E-state index in [9.17, 15) is 0 Å². The van der Waals surface area contributed by atoms with Gasteiger partial charge in [0.2, 0.25) is 0 Å². The minimum atomic E-state index is 0.415. The summed E-state index contributed by atoms with van der Waals surface area (Å²) < 4.78 is 1.05. The molecule has 0 amide bonds. The summed E-state index contributed by atoms with van der Waals surface area (Å²) in [6.07, 6.45) is 0. The first-order valence-corrected chi connectivity index (χ1v) is 3.97. The lowest BCUT2D eigenvalue weighted by Gasteiger charge is -2.39. The van der Waals surface area contributed by atoms with Gasteiger partial charge in [0.25, 0.3) is 0 Å². The van der Waals surface area contributed by atoms with Gasteiger partial charge in [-0.15, -0.1) is 0 Å². The Kier molecular flexibility index (Phi) is 2.53. The van der Waals surface area contributed by atoms with Crippen molar-refractivity contribution in [1.29, 1.82) is 0 Å². The summed E-state index contributed by atoms with van der Waals surface area (Å²) >= 11 is 0. The van der Waals surface area contributed by atoms with Crippen LogP contribution in [0, 0.1) is 5.41 Å². The zero-order chi connectivity index (χ0) is 8.58. The maximum atomic E-state index is 2.31. The fourth-order valence-corrected chi connectivity index (χ4v) is 1.16. The third kappa shape index (κ3) is 2.70. The first kappa shape index (κ1) is 9.96. The standard InChI is InChI=1S/C9H22N/c1-8(9(2,3)4)10(5,6)7/h8H,1-7H3/q+1/t8-/m0/s1. The molecule has 1 atom stereocenters. The molecule has 0 rings (SSSR count). The maximum Gasteiger partial charge on any atom is 0.0904 e. The number of nitrogens with zero attached hydrogens (tertiary/aromatic N) is 1. The van der Waals surface area contributed by atoms with E-state index in [1.54, 1.807) is 0 Å². The molecule has 10 heavy (non-hydrogen) atoms. The number of hydrogen-bond acceptors (Lipinski definition) is 0. The van der Waals surface area contributed by atoms with E-state index in [4.69, 9.17) is 0 Å². The van der Waals surface area contributed by atoms with Crippen LogP contribution < -0.4 is 0 Å². The topological polar surface area (TPSA) is 0 Å². The normalized spacial score (nSPS) is 17.1. The molecule has 0 aromatic rings. The minimum Gasteiger partial charge on any atom is -0.328 e. The lowest BCUT2D eigenvalue weighted by molar-refractivity contribution is -0.901. The molecular formula is C9H22N+. The summed E-state index contributed by atoms with van der Waals surface area (Å²) in [5, 5.41) is 0. The second-order valence-corrected chi connectivity index (χ2v) is 5.16. The lowest BCUT2D eigenvalue weighted by atomic mass is 9.86. The molecule has 0 spiro atoms. The first-order chi connectivity index (χ1) is 4.15. The average Bonchev–Trinajstić information content (AvgIpc) is 1.59. The van der Waals surface area contributed by atoms with Gasteiger partial charge >= 0.3 is 0 Å². The van der Waals surface area contributed by atoms with Crippen molar-refractivity contribution in [3.05, 3.63) is 0 Å². The quantitative estimate of drug-likeness (QED) is 0.495. The van der Waals surface area contributed by atoms with Crippen LogP contribution in [0.4, 0.5) is 0 Å². The molecule has 1 nitrogen and oxygen atoms in total. The molecule has 0 N–H and O–H groups in total. The summed E-state index contributed by atoms with van der Waals surface area (Å²) in [5.74, 6) is 0. The Hall–Kier alpha value is -0.0400. The molecule has 0 heterocycles.